The molecule has 4 aliphatic heterocycles. The van der Waals surface area contributed by atoms with Crippen LogP contribution in [0.25, 0.3) is 0 Å². The largest absolute Gasteiger partial charge is 0.331 e. The van der Waals surface area contributed by atoms with E-state index in [0.717, 1.165) is 61.1 Å². The average molecular weight is 545 g/mol. The number of quaternary nitrogens is 2. The Labute approximate surface area is 240 Å². The Kier molecular flexibility index (Phi) is 7.75. The van der Waals surface area contributed by atoms with Gasteiger partial charge >= 0.3 is 0 Å². The lowest BCUT2D eigenvalue weighted by Gasteiger charge is -2.48. The number of unbranched alkanes of at least 4 members (excludes halogenated alkanes) is 1. The minimum Gasteiger partial charge on any atom is -0.331 e. The van der Waals surface area contributed by atoms with Crippen LogP contribution in [0.5, 0.6) is 0 Å². The number of rotatable bonds is 9. The quantitative estimate of drug-likeness (QED) is 0.342. The Morgan fingerprint density at radius 2 is 0.925 bits per heavy atom. The second-order valence-corrected chi connectivity index (χ2v) is 13.6. The summed E-state index contributed by atoms with van der Waals surface area (Å²) in [6.45, 7) is 5.65. The number of fused-ring (bicyclic) bond motifs is 4. The molecule has 2 aromatic carbocycles. The average Bonchev–Trinajstić information content (AvgIpc) is 3.22. The Balaban J connectivity index is 0.943. The van der Waals surface area contributed by atoms with Crippen molar-refractivity contribution in [3.8, 4) is 0 Å². The molecule has 4 bridgehead atoms. The summed E-state index contributed by atoms with van der Waals surface area (Å²) in [6.07, 6.45) is 7.64. The lowest BCUT2D eigenvalue weighted by molar-refractivity contribution is -0.959. The van der Waals surface area contributed by atoms with Gasteiger partial charge in [0.25, 0.3) is 0 Å². The van der Waals surface area contributed by atoms with Gasteiger partial charge in [0.1, 0.15) is 37.3 Å². The summed E-state index contributed by atoms with van der Waals surface area (Å²) in [6, 6.07) is 23.8. The maximum atomic E-state index is 13.2. The second kappa shape index (κ2) is 11.3. The number of piperazine rings is 2. The third-order valence-electron chi connectivity index (χ3n) is 11.2. The molecule has 2 aromatic rings. The molecular formula is C34H48N4O2+2. The highest BCUT2D eigenvalue weighted by atomic mass is 16.2. The van der Waals surface area contributed by atoms with Crippen molar-refractivity contribution in [3.63, 3.8) is 0 Å². The number of likely N-dealkylation sites (tertiary alicyclic amines) is 2. The summed E-state index contributed by atoms with van der Waals surface area (Å²) >= 11 is 0. The zero-order chi connectivity index (χ0) is 27.7. The van der Waals surface area contributed by atoms with Crippen molar-refractivity contribution in [3.05, 3.63) is 71.8 Å². The first-order valence-electron chi connectivity index (χ1n) is 15.7. The van der Waals surface area contributed by atoms with Gasteiger partial charge in [-0.3, -0.25) is 9.59 Å². The second-order valence-electron chi connectivity index (χ2n) is 13.6. The van der Waals surface area contributed by atoms with E-state index >= 15 is 0 Å². The predicted molar refractivity (Wildman–Crippen MR) is 158 cm³/mol. The molecule has 6 nitrogen and oxygen atoms in total. The minimum atomic E-state index is 0.292. The first-order chi connectivity index (χ1) is 19.3. The fourth-order valence-corrected chi connectivity index (χ4v) is 8.57. The molecule has 0 spiro atoms. The van der Waals surface area contributed by atoms with Crippen LogP contribution in [0, 0.1) is 0 Å². The smallest absolute Gasteiger partial charge is 0.223 e. The van der Waals surface area contributed by atoms with Crippen LogP contribution < -0.4 is 0 Å². The van der Waals surface area contributed by atoms with E-state index in [1.165, 1.54) is 36.8 Å². The zero-order valence-electron chi connectivity index (χ0n) is 24.6. The summed E-state index contributed by atoms with van der Waals surface area (Å²) < 4.78 is 2.15. The molecule has 214 valence electrons. The van der Waals surface area contributed by atoms with E-state index in [-0.39, 0.29) is 0 Å². The summed E-state index contributed by atoms with van der Waals surface area (Å²) in [7, 11) is 4.80. The molecule has 4 aliphatic rings. The highest BCUT2D eigenvalue weighted by Gasteiger charge is 2.53. The van der Waals surface area contributed by atoms with Crippen molar-refractivity contribution >= 4 is 11.8 Å². The summed E-state index contributed by atoms with van der Waals surface area (Å²) in [5.74, 6) is 0.584. The molecular weight excluding hydrogens is 496 g/mol. The van der Waals surface area contributed by atoms with Crippen molar-refractivity contribution < 1.29 is 18.6 Å². The predicted octanol–water partition coefficient (Wildman–Crippen LogP) is 4.59. The van der Waals surface area contributed by atoms with E-state index in [4.69, 9.17) is 0 Å². The van der Waals surface area contributed by atoms with Gasteiger partial charge in [-0.1, -0.05) is 60.7 Å². The van der Waals surface area contributed by atoms with Crippen LogP contribution in [0.15, 0.2) is 60.7 Å². The van der Waals surface area contributed by atoms with Gasteiger partial charge in [0, 0.05) is 49.7 Å². The molecule has 6 heteroatoms. The number of nitrogens with zero attached hydrogens (tertiary/aromatic N) is 4. The summed E-state index contributed by atoms with van der Waals surface area (Å²) in [5, 5.41) is 0. The summed E-state index contributed by atoms with van der Waals surface area (Å²) in [4.78, 5) is 30.6. The molecule has 4 saturated heterocycles. The normalized spacial score (nSPS) is 32.9. The minimum absolute atomic E-state index is 0.292. The SMILES string of the molecule is C[N+]1(Cc2ccccc2)C2CCC1CN(C(=O)CCCCC(=O)N1CC3CCC(C1)[N+]3(C)Cc1ccccc1)C2. The van der Waals surface area contributed by atoms with Crippen LogP contribution in [-0.4, -0.2) is 95.0 Å². The molecule has 4 fully saturated rings. The fourth-order valence-electron chi connectivity index (χ4n) is 8.57. The van der Waals surface area contributed by atoms with E-state index in [9.17, 15) is 9.59 Å². The van der Waals surface area contributed by atoms with Crippen LogP contribution in [0.4, 0.5) is 0 Å². The topological polar surface area (TPSA) is 40.6 Å². The highest BCUT2D eigenvalue weighted by molar-refractivity contribution is 5.77. The van der Waals surface area contributed by atoms with Crippen molar-refractivity contribution in [2.24, 2.45) is 0 Å². The van der Waals surface area contributed by atoms with Gasteiger partial charge in [-0.05, 0) is 12.8 Å². The van der Waals surface area contributed by atoms with Gasteiger partial charge in [0.15, 0.2) is 0 Å². The Bertz CT molecular complexity index is 1060. The summed E-state index contributed by atoms with van der Waals surface area (Å²) in [5.41, 5.74) is 2.79. The van der Waals surface area contributed by atoms with Crippen molar-refractivity contribution in [1.82, 2.24) is 9.80 Å². The highest BCUT2D eigenvalue weighted by Crippen LogP contribution is 2.39. The standard InChI is InChI=1S/C34H48N4O2/c1-37(25-27-11-5-3-6-12-27)29-17-18-30(37)22-35(21-29)33(39)15-9-10-16-34(40)36-23-31-19-20-32(24-36)38(31,2)26-28-13-7-4-8-14-28/h3-8,11-14,29-32H,9-10,15-26H2,1-2H3/q+2. The number of hydrogen-bond acceptors (Lipinski definition) is 2. The van der Waals surface area contributed by atoms with Gasteiger partial charge in [0.2, 0.25) is 11.8 Å². The molecule has 0 aliphatic carbocycles. The third-order valence-corrected chi connectivity index (χ3v) is 11.2. The molecule has 0 radical (unpaired) electrons. The number of carbonyl (C=O) groups excluding carboxylic acids is 2. The maximum absolute atomic E-state index is 13.2. The molecule has 4 unspecified atom stereocenters. The Hall–Kier alpha value is -2.70. The third kappa shape index (κ3) is 5.33. The number of likely N-dealkylation sites (N-methyl/N-ethyl adjacent to an activating group) is 2. The lowest BCUT2D eigenvalue weighted by Crippen LogP contribution is -2.64. The van der Waals surface area contributed by atoms with Gasteiger partial charge in [-0.25, -0.2) is 0 Å². The van der Waals surface area contributed by atoms with Crippen LogP contribution in [0.2, 0.25) is 0 Å². The van der Waals surface area contributed by atoms with E-state index in [1.807, 2.05) is 0 Å². The zero-order valence-corrected chi connectivity index (χ0v) is 24.6. The van der Waals surface area contributed by atoms with Crippen molar-refractivity contribution in [1.29, 1.82) is 0 Å². The van der Waals surface area contributed by atoms with Crippen LogP contribution in [-0.2, 0) is 22.7 Å². The van der Waals surface area contributed by atoms with Crippen LogP contribution in [0.1, 0.15) is 62.5 Å². The van der Waals surface area contributed by atoms with Crippen molar-refractivity contribution in [2.45, 2.75) is 88.6 Å². The van der Waals surface area contributed by atoms with Gasteiger partial charge < -0.3 is 18.8 Å². The van der Waals surface area contributed by atoms with Gasteiger partial charge in [-0.2, -0.15) is 0 Å². The Morgan fingerprint density at radius 1 is 0.600 bits per heavy atom. The van der Waals surface area contributed by atoms with E-state index < -0.39 is 0 Å². The van der Waals surface area contributed by atoms with Crippen LogP contribution in [0.3, 0.4) is 0 Å². The molecule has 0 saturated carbocycles. The van der Waals surface area contributed by atoms with E-state index in [2.05, 4.69) is 84.6 Å². The lowest BCUT2D eigenvalue weighted by atomic mass is 10.0. The molecule has 2 amide bonds. The van der Waals surface area contributed by atoms with E-state index in [0.29, 0.717) is 48.8 Å². The fraction of sp³-hybridized carbons (Fsp3) is 0.588. The molecule has 0 N–H and O–H groups in total. The van der Waals surface area contributed by atoms with Crippen LogP contribution >= 0.6 is 0 Å². The molecule has 4 heterocycles. The number of amides is 2. The first-order valence-corrected chi connectivity index (χ1v) is 15.7. The van der Waals surface area contributed by atoms with Gasteiger partial charge in [0.05, 0.1) is 40.3 Å². The molecule has 40 heavy (non-hydrogen) atoms. The first kappa shape index (κ1) is 27.5. The monoisotopic (exact) mass is 544 g/mol. The molecule has 0 aromatic heterocycles. The molecule has 6 rings (SSSR count). The number of benzene rings is 2. The number of carbonyl (C=O) groups is 2. The van der Waals surface area contributed by atoms with Gasteiger partial charge in [-0.15, -0.1) is 0 Å². The number of hydrogen-bond donors (Lipinski definition) is 0. The maximum Gasteiger partial charge on any atom is 0.223 e. The van der Waals surface area contributed by atoms with Crippen molar-refractivity contribution in [2.75, 3.05) is 40.3 Å². The van der Waals surface area contributed by atoms with E-state index in [1.54, 1.807) is 0 Å². The molecule has 4 atom stereocenters. The Morgan fingerprint density at radius 3 is 1.25 bits per heavy atom.